The molecule has 0 spiro atoms. The van der Waals surface area contributed by atoms with E-state index < -0.39 is 5.56 Å². The number of hydrogen-bond acceptors (Lipinski definition) is 4. The highest BCUT2D eigenvalue weighted by Crippen LogP contribution is 2.21. The van der Waals surface area contributed by atoms with Crippen LogP contribution >= 0.6 is 0 Å². The van der Waals surface area contributed by atoms with Gasteiger partial charge in [0.15, 0.2) is 0 Å². The van der Waals surface area contributed by atoms with Crippen LogP contribution in [0.2, 0.25) is 0 Å². The lowest BCUT2D eigenvalue weighted by atomic mass is 10.3. The molecule has 0 radical (unpaired) electrons. The van der Waals surface area contributed by atoms with Crippen LogP contribution in [0.5, 0.6) is 11.6 Å². The van der Waals surface area contributed by atoms with Crippen molar-refractivity contribution in [3.63, 3.8) is 0 Å². The maximum Gasteiger partial charge on any atom is 0.272 e. The maximum atomic E-state index is 11.5. The number of H-pyrrole nitrogens is 1. The molecule has 0 unspecified atom stereocenters. The zero-order valence-corrected chi connectivity index (χ0v) is 9.30. The molecule has 2 rings (SSSR count). The highest BCUT2D eigenvalue weighted by Gasteiger charge is 2.13. The van der Waals surface area contributed by atoms with E-state index in [1.807, 2.05) is 0 Å². The van der Waals surface area contributed by atoms with Crippen molar-refractivity contribution in [1.29, 1.82) is 0 Å². The number of nitrogens with two attached hydrogens (primary N) is 1. The van der Waals surface area contributed by atoms with Gasteiger partial charge in [-0.25, -0.2) is 4.68 Å². The Morgan fingerprint density at radius 2 is 2.29 bits per heavy atom. The van der Waals surface area contributed by atoms with Crippen LogP contribution in [0, 0.1) is 0 Å². The third-order valence-electron chi connectivity index (χ3n) is 2.48. The second-order valence-electron chi connectivity index (χ2n) is 3.48. The summed E-state index contributed by atoms with van der Waals surface area (Å²) < 4.78 is 6.34. The van der Waals surface area contributed by atoms with Gasteiger partial charge < -0.3 is 15.6 Å². The minimum Gasteiger partial charge on any atom is -0.497 e. The molecule has 0 aliphatic rings. The summed E-state index contributed by atoms with van der Waals surface area (Å²) in [6.07, 6.45) is 0. The molecule has 0 bridgehead atoms. The van der Waals surface area contributed by atoms with Gasteiger partial charge in [-0.3, -0.25) is 9.89 Å². The van der Waals surface area contributed by atoms with Crippen molar-refractivity contribution >= 4 is 0 Å². The number of ether oxygens (including phenoxy) is 1. The van der Waals surface area contributed by atoms with Crippen molar-refractivity contribution in [2.45, 2.75) is 6.54 Å². The van der Waals surface area contributed by atoms with Crippen molar-refractivity contribution in [1.82, 2.24) is 9.78 Å². The summed E-state index contributed by atoms with van der Waals surface area (Å²) in [6.45, 7) is -0.0157. The monoisotopic (exact) mass is 235 g/mol. The number of nitrogens with one attached hydrogen (secondary N) is 1. The van der Waals surface area contributed by atoms with Crippen molar-refractivity contribution in [3.8, 4) is 17.3 Å². The van der Waals surface area contributed by atoms with Crippen LogP contribution in [0.15, 0.2) is 29.1 Å². The van der Waals surface area contributed by atoms with Gasteiger partial charge in [-0.15, -0.1) is 0 Å². The van der Waals surface area contributed by atoms with Gasteiger partial charge in [-0.05, 0) is 12.1 Å². The Kier molecular flexibility index (Phi) is 2.88. The molecular weight excluding hydrogens is 222 g/mol. The number of aromatic nitrogens is 2. The van der Waals surface area contributed by atoms with E-state index in [1.165, 1.54) is 4.68 Å². The van der Waals surface area contributed by atoms with Crippen LogP contribution < -0.4 is 16.0 Å². The number of aromatic amines is 1. The van der Waals surface area contributed by atoms with Crippen LogP contribution in [0.25, 0.3) is 5.69 Å². The Bertz CT molecular complexity index is 586. The topological polar surface area (TPSA) is 93.3 Å². The second-order valence-corrected chi connectivity index (χ2v) is 3.48. The summed E-state index contributed by atoms with van der Waals surface area (Å²) in [5, 5.41) is 12.3. The Labute approximate surface area is 97.2 Å². The average molecular weight is 235 g/mol. The van der Waals surface area contributed by atoms with Gasteiger partial charge in [-0.1, -0.05) is 6.07 Å². The minimum atomic E-state index is -0.396. The maximum absolute atomic E-state index is 11.5. The summed E-state index contributed by atoms with van der Waals surface area (Å²) in [5.41, 5.74) is 5.74. The normalized spacial score (nSPS) is 10.5. The number of rotatable bonds is 3. The third kappa shape index (κ3) is 1.90. The molecule has 0 amide bonds. The van der Waals surface area contributed by atoms with E-state index in [1.54, 1.807) is 31.4 Å². The molecule has 0 atom stereocenters. The predicted octanol–water partition coefficient (Wildman–Crippen LogP) is 0.339. The molecule has 1 aromatic carbocycles. The Morgan fingerprint density at radius 3 is 2.88 bits per heavy atom. The van der Waals surface area contributed by atoms with Crippen LogP contribution in [0.4, 0.5) is 0 Å². The van der Waals surface area contributed by atoms with Gasteiger partial charge in [0.2, 0.25) is 5.88 Å². The number of benzene rings is 1. The number of nitrogens with zero attached hydrogens (tertiary/aromatic N) is 1. The lowest BCUT2D eigenvalue weighted by Crippen LogP contribution is -2.10. The molecule has 4 N–H and O–H groups in total. The fourth-order valence-corrected chi connectivity index (χ4v) is 1.58. The zero-order valence-electron chi connectivity index (χ0n) is 9.30. The standard InChI is InChI=1S/C11H13N3O3/c1-17-8-4-2-3-7(5-8)14-11(16)9(6-12)10(15)13-14/h2-5,16H,6,12H2,1H3,(H,13,15). The van der Waals surface area contributed by atoms with E-state index >= 15 is 0 Å². The van der Waals surface area contributed by atoms with Gasteiger partial charge in [0, 0.05) is 12.6 Å². The van der Waals surface area contributed by atoms with E-state index in [9.17, 15) is 9.90 Å². The van der Waals surface area contributed by atoms with E-state index in [4.69, 9.17) is 10.5 Å². The minimum absolute atomic E-state index is 0.0157. The molecule has 90 valence electrons. The molecule has 1 aromatic heterocycles. The molecule has 17 heavy (non-hydrogen) atoms. The molecule has 1 heterocycles. The van der Waals surface area contributed by atoms with Gasteiger partial charge in [0.25, 0.3) is 5.56 Å². The van der Waals surface area contributed by atoms with Gasteiger partial charge in [0.05, 0.1) is 18.4 Å². The molecule has 0 aliphatic carbocycles. The summed E-state index contributed by atoms with van der Waals surface area (Å²) in [4.78, 5) is 11.5. The second kappa shape index (κ2) is 4.34. The number of hydrogen-bond donors (Lipinski definition) is 3. The fraction of sp³-hybridized carbons (Fsp3) is 0.182. The van der Waals surface area contributed by atoms with Crippen LogP contribution in [-0.2, 0) is 6.54 Å². The summed E-state index contributed by atoms with van der Waals surface area (Å²) in [7, 11) is 1.54. The fourth-order valence-electron chi connectivity index (χ4n) is 1.58. The van der Waals surface area contributed by atoms with Crippen molar-refractivity contribution in [3.05, 3.63) is 40.2 Å². The SMILES string of the molecule is COc1cccc(-n2[nH]c(=O)c(CN)c2O)c1. The number of methoxy groups -OCH3 is 1. The van der Waals surface area contributed by atoms with E-state index in [2.05, 4.69) is 5.10 Å². The highest BCUT2D eigenvalue weighted by molar-refractivity contribution is 5.42. The number of aromatic hydroxyl groups is 1. The Balaban J connectivity index is 2.56. The van der Waals surface area contributed by atoms with Gasteiger partial charge >= 0.3 is 0 Å². The van der Waals surface area contributed by atoms with Crippen molar-refractivity contribution < 1.29 is 9.84 Å². The first kappa shape index (κ1) is 11.3. The zero-order chi connectivity index (χ0) is 12.4. The van der Waals surface area contributed by atoms with Crippen LogP contribution in [-0.4, -0.2) is 22.0 Å². The van der Waals surface area contributed by atoms with Crippen molar-refractivity contribution in [2.24, 2.45) is 5.73 Å². The first-order valence-electron chi connectivity index (χ1n) is 5.04. The van der Waals surface area contributed by atoms with E-state index in [0.29, 0.717) is 11.4 Å². The summed E-state index contributed by atoms with van der Waals surface area (Å²) in [6, 6.07) is 6.95. The lowest BCUT2D eigenvalue weighted by Gasteiger charge is -2.06. The van der Waals surface area contributed by atoms with E-state index in [-0.39, 0.29) is 18.0 Å². The van der Waals surface area contributed by atoms with Gasteiger partial charge in [-0.2, -0.15) is 0 Å². The van der Waals surface area contributed by atoms with Gasteiger partial charge in [0.1, 0.15) is 5.75 Å². The molecule has 6 heteroatoms. The Hall–Kier alpha value is -2.21. The van der Waals surface area contributed by atoms with Crippen LogP contribution in [0.1, 0.15) is 5.56 Å². The molecule has 0 aliphatic heterocycles. The third-order valence-corrected chi connectivity index (χ3v) is 2.48. The Morgan fingerprint density at radius 1 is 1.53 bits per heavy atom. The quantitative estimate of drug-likeness (QED) is 0.715. The first-order valence-corrected chi connectivity index (χ1v) is 5.04. The molecule has 0 fully saturated rings. The first-order chi connectivity index (χ1) is 8.17. The summed E-state index contributed by atoms with van der Waals surface area (Å²) >= 11 is 0. The highest BCUT2D eigenvalue weighted by atomic mass is 16.5. The van der Waals surface area contributed by atoms with Crippen LogP contribution in [0.3, 0.4) is 0 Å². The molecular formula is C11H13N3O3. The lowest BCUT2D eigenvalue weighted by molar-refractivity contribution is 0.412. The molecule has 0 saturated carbocycles. The molecule has 2 aromatic rings. The largest absolute Gasteiger partial charge is 0.497 e. The predicted molar refractivity (Wildman–Crippen MR) is 62.5 cm³/mol. The molecule has 6 nitrogen and oxygen atoms in total. The van der Waals surface area contributed by atoms with E-state index in [0.717, 1.165) is 0 Å². The average Bonchev–Trinajstić information content (AvgIpc) is 2.64. The van der Waals surface area contributed by atoms with Crippen molar-refractivity contribution in [2.75, 3.05) is 7.11 Å². The molecule has 0 saturated heterocycles. The smallest absolute Gasteiger partial charge is 0.272 e. The summed E-state index contributed by atoms with van der Waals surface area (Å²) in [5.74, 6) is 0.455.